The summed E-state index contributed by atoms with van der Waals surface area (Å²) in [7, 11) is 0. The van der Waals surface area contributed by atoms with Gasteiger partial charge in [-0.25, -0.2) is 9.18 Å². The number of hydrogen-bond donors (Lipinski definition) is 2. The summed E-state index contributed by atoms with van der Waals surface area (Å²) in [6.07, 6.45) is 0. The van der Waals surface area contributed by atoms with E-state index in [1.807, 2.05) is 0 Å². The average molecular weight is 367 g/mol. The van der Waals surface area contributed by atoms with Crippen LogP contribution in [0, 0.1) is 5.82 Å². The predicted octanol–water partition coefficient (Wildman–Crippen LogP) is 1.89. The SMILES string of the molecule is CC(SCCN1C(=O)NC(C)(C)C1=O)C(=O)NCc1ccc(F)cc1. The Morgan fingerprint density at radius 3 is 2.52 bits per heavy atom. The van der Waals surface area contributed by atoms with Gasteiger partial charge in [0.15, 0.2) is 0 Å². The summed E-state index contributed by atoms with van der Waals surface area (Å²) >= 11 is 1.37. The molecule has 6 nitrogen and oxygen atoms in total. The molecule has 1 aromatic rings. The molecule has 0 aliphatic carbocycles. The predicted molar refractivity (Wildman–Crippen MR) is 94.5 cm³/mol. The van der Waals surface area contributed by atoms with Crippen LogP contribution in [0.2, 0.25) is 0 Å². The van der Waals surface area contributed by atoms with Crippen LogP contribution in [0.1, 0.15) is 26.3 Å². The molecule has 0 saturated carbocycles. The molecule has 1 atom stereocenters. The molecule has 136 valence electrons. The summed E-state index contributed by atoms with van der Waals surface area (Å²) < 4.78 is 12.8. The van der Waals surface area contributed by atoms with E-state index in [4.69, 9.17) is 0 Å². The average Bonchev–Trinajstić information content (AvgIpc) is 2.75. The van der Waals surface area contributed by atoms with Gasteiger partial charge in [-0.3, -0.25) is 14.5 Å². The molecule has 1 aliphatic heterocycles. The lowest BCUT2D eigenvalue weighted by molar-refractivity contribution is -0.130. The highest BCUT2D eigenvalue weighted by atomic mass is 32.2. The van der Waals surface area contributed by atoms with Gasteiger partial charge in [-0.2, -0.15) is 0 Å². The quantitative estimate of drug-likeness (QED) is 0.722. The van der Waals surface area contributed by atoms with Gasteiger partial charge in [-0.05, 0) is 38.5 Å². The molecule has 0 spiro atoms. The van der Waals surface area contributed by atoms with Gasteiger partial charge in [0.25, 0.3) is 5.91 Å². The third-order valence-corrected chi connectivity index (χ3v) is 5.01. The Bertz CT molecular complexity index is 664. The molecule has 1 fully saturated rings. The number of nitrogens with one attached hydrogen (secondary N) is 2. The molecule has 25 heavy (non-hydrogen) atoms. The fourth-order valence-electron chi connectivity index (χ4n) is 2.35. The highest BCUT2D eigenvalue weighted by Gasteiger charge is 2.43. The van der Waals surface area contributed by atoms with Crippen molar-refractivity contribution in [1.82, 2.24) is 15.5 Å². The van der Waals surface area contributed by atoms with Crippen LogP contribution in [-0.2, 0) is 16.1 Å². The Labute approximate surface area is 150 Å². The molecule has 0 radical (unpaired) electrons. The molecule has 4 amide bonds. The van der Waals surface area contributed by atoms with Crippen LogP contribution in [0.25, 0.3) is 0 Å². The Morgan fingerprint density at radius 1 is 1.32 bits per heavy atom. The zero-order valence-electron chi connectivity index (χ0n) is 14.5. The van der Waals surface area contributed by atoms with Crippen molar-refractivity contribution in [3.8, 4) is 0 Å². The van der Waals surface area contributed by atoms with E-state index in [0.717, 1.165) is 5.56 Å². The number of nitrogens with zero attached hydrogens (tertiary/aromatic N) is 1. The Hall–Kier alpha value is -2.09. The van der Waals surface area contributed by atoms with Crippen LogP contribution in [-0.4, -0.2) is 45.8 Å². The molecule has 1 unspecified atom stereocenters. The zero-order chi connectivity index (χ0) is 18.6. The lowest BCUT2D eigenvalue weighted by atomic mass is 10.1. The number of hydrogen-bond acceptors (Lipinski definition) is 4. The van der Waals surface area contributed by atoms with Crippen LogP contribution < -0.4 is 10.6 Å². The number of carbonyl (C=O) groups is 3. The zero-order valence-corrected chi connectivity index (χ0v) is 15.3. The van der Waals surface area contributed by atoms with Crippen molar-refractivity contribution in [2.75, 3.05) is 12.3 Å². The van der Waals surface area contributed by atoms with E-state index in [0.29, 0.717) is 12.3 Å². The van der Waals surface area contributed by atoms with Crippen molar-refractivity contribution in [1.29, 1.82) is 0 Å². The second-order valence-electron chi connectivity index (χ2n) is 6.37. The minimum atomic E-state index is -0.875. The van der Waals surface area contributed by atoms with Gasteiger partial charge in [0.1, 0.15) is 11.4 Å². The second-order valence-corrected chi connectivity index (χ2v) is 7.82. The Balaban J connectivity index is 1.73. The van der Waals surface area contributed by atoms with Crippen molar-refractivity contribution >= 4 is 29.6 Å². The summed E-state index contributed by atoms with van der Waals surface area (Å²) in [4.78, 5) is 37.1. The minimum Gasteiger partial charge on any atom is -0.351 e. The van der Waals surface area contributed by atoms with Crippen LogP contribution in [0.4, 0.5) is 9.18 Å². The minimum absolute atomic E-state index is 0.146. The smallest absolute Gasteiger partial charge is 0.325 e. The van der Waals surface area contributed by atoms with E-state index in [9.17, 15) is 18.8 Å². The van der Waals surface area contributed by atoms with Crippen molar-refractivity contribution in [3.05, 3.63) is 35.6 Å². The van der Waals surface area contributed by atoms with Gasteiger partial charge in [-0.15, -0.1) is 11.8 Å². The number of urea groups is 1. The van der Waals surface area contributed by atoms with E-state index >= 15 is 0 Å². The monoisotopic (exact) mass is 367 g/mol. The van der Waals surface area contributed by atoms with Gasteiger partial charge in [-0.1, -0.05) is 12.1 Å². The van der Waals surface area contributed by atoms with E-state index in [2.05, 4.69) is 10.6 Å². The number of imide groups is 1. The molecule has 1 heterocycles. The maximum Gasteiger partial charge on any atom is 0.325 e. The van der Waals surface area contributed by atoms with Crippen LogP contribution in [0.15, 0.2) is 24.3 Å². The number of amides is 4. The standard InChI is InChI=1S/C17H22FN3O3S/c1-11(14(22)19-10-12-4-6-13(18)7-5-12)25-9-8-21-15(23)17(2,3)20-16(21)24/h4-7,11H,8-10H2,1-3H3,(H,19,22)(H,20,24). The first-order valence-corrected chi connectivity index (χ1v) is 9.03. The first-order chi connectivity index (χ1) is 11.7. The molecular weight excluding hydrogens is 345 g/mol. The maximum absolute atomic E-state index is 12.8. The molecule has 0 bridgehead atoms. The summed E-state index contributed by atoms with van der Waals surface area (Å²) in [5.74, 6) is -0.249. The number of halogens is 1. The highest BCUT2D eigenvalue weighted by Crippen LogP contribution is 2.18. The van der Waals surface area contributed by atoms with Gasteiger partial charge in [0.05, 0.1) is 5.25 Å². The van der Waals surface area contributed by atoms with E-state index in [1.165, 1.54) is 28.8 Å². The third kappa shape index (κ3) is 4.94. The van der Waals surface area contributed by atoms with Crippen molar-refractivity contribution in [2.45, 2.75) is 38.1 Å². The third-order valence-electron chi connectivity index (χ3n) is 3.88. The fourth-order valence-corrected chi connectivity index (χ4v) is 3.23. The normalized spacial score (nSPS) is 17.4. The van der Waals surface area contributed by atoms with E-state index in [1.54, 1.807) is 32.9 Å². The van der Waals surface area contributed by atoms with Crippen molar-refractivity contribution in [3.63, 3.8) is 0 Å². The number of rotatable bonds is 7. The first-order valence-electron chi connectivity index (χ1n) is 7.98. The lowest BCUT2D eigenvalue weighted by Gasteiger charge is -2.17. The fraction of sp³-hybridized carbons (Fsp3) is 0.471. The van der Waals surface area contributed by atoms with Crippen LogP contribution in [0.5, 0.6) is 0 Å². The van der Waals surface area contributed by atoms with E-state index < -0.39 is 11.6 Å². The van der Waals surface area contributed by atoms with Crippen molar-refractivity contribution < 1.29 is 18.8 Å². The van der Waals surface area contributed by atoms with Gasteiger partial charge in [0.2, 0.25) is 5.91 Å². The lowest BCUT2D eigenvalue weighted by Crippen LogP contribution is -2.40. The molecule has 2 rings (SSSR count). The summed E-state index contributed by atoms with van der Waals surface area (Å²) in [5.41, 5.74) is -0.0617. The highest BCUT2D eigenvalue weighted by molar-refractivity contribution is 8.00. The Kier molecular flexibility index (Phi) is 6.05. The Morgan fingerprint density at radius 2 is 1.96 bits per heavy atom. The molecule has 1 saturated heterocycles. The van der Waals surface area contributed by atoms with Gasteiger partial charge in [0, 0.05) is 18.8 Å². The number of carbonyl (C=O) groups excluding carboxylic acids is 3. The summed E-state index contributed by atoms with van der Waals surface area (Å²) in [5, 5.41) is 5.08. The first kappa shape index (κ1) is 19.2. The topological polar surface area (TPSA) is 78.5 Å². The molecular formula is C17H22FN3O3S. The summed E-state index contributed by atoms with van der Waals surface area (Å²) in [6, 6.07) is 5.53. The van der Waals surface area contributed by atoms with Crippen LogP contribution >= 0.6 is 11.8 Å². The second kappa shape index (κ2) is 7.86. The van der Waals surface area contributed by atoms with E-state index in [-0.39, 0.29) is 29.4 Å². The molecule has 8 heteroatoms. The molecule has 2 N–H and O–H groups in total. The molecule has 1 aromatic carbocycles. The molecule has 0 aromatic heterocycles. The number of benzene rings is 1. The van der Waals surface area contributed by atoms with Gasteiger partial charge < -0.3 is 10.6 Å². The van der Waals surface area contributed by atoms with Crippen LogP contribution in [0.3, 0.4) is 0 Å². The maximum atomic E-state index is 12.8. The number of thioether (sulfide) groups is 1. The largest absolute Gasteiger partial charge is 0.351 e. The molecule has 1 aliphatic rings. The van der Waals surface area contributed by atoms with Gasteiger partial charge >= 0.3 is 6.03 Å². The summed E-state index contributed by atoms with van der Waals surface area (Å²) in [6.45, 7) is 5.66. The van der Waals surface area contributed by atoms with Crippen molar-refractivity contribution in [2.24, 2.45) is 0 Å².